The molecule has 0 bridgehead atoms. The molecule has 0 atom stereocenters. The topological polar surface area (TPSA) is 107 Å². The van der Waals surface area contributed by atoms with Gasteiger partial charge in [-0.25, -0.2) is 0 Å². The Labute approximate surface area is 184 Å². The molecule has 0 saturated carbocycles. The van der Waals surface area contributed by atoms with Crippen LogP contribution in [0.2, 0.25) is 0 Å². The summed E-state index contributed by atoms with van der Waals surface area (Å²) < 4.78 is 5.19. The van der Waals surface area contributed by atoms with Crippen molar-refractivity contribution in [2.45, 2.75) is 19.9 Å². The molecule has 7 heteroatoms. The van der Waals surface area contributed by atoms with Gasteiger partial charge in [0.15, 0.2) is 11.4 Å². The first-order valence-electron chi connectivity index (χ1n) is 10.3. The van der Waals surface area contributed by atoms with Crippen molar-refractivity contribution in [3.8, 4) is 0 Å². The number of amides is 1. The molecule has 0 aliphatic heterocycles. The van der Waals surface area contributed by atoms with Crippen molar-refractivity contribution < 1.29 is 9.32 Å². The molecule has 0 fully saturated rings. The number of carbonyl (C=O) groups is 1. The minimum atomic E-state index is -0.163. The lowest BCUT2D eigenvalue weighted by Gasteiger charge is -2.08. The first-order valence-corrected chi connectivity index (χ1v) is 10.3. The predicted molar refractivity (Wildman–Crippen MR) is 123 cm³/mol. The van der Waals surface area contributed by atoms with Crippen molar-refractivity contribution in [3.05, 3.63) is 94.9 Å². The highest BCUT2D eigenvalue weighted by atomic mass is 16.5. The van der Waals surface area contributed by atoms with Crippen LogP contribution in [0.25, 0.3) is 21.9 Å². The number of nitrogen functional groups attached to an aromatic ring is 1. The van der Waals surface area contributed by atoms with E-state index in [2.05, 4.69) is 32.6 Å². The average molecular weight is 423 g/mol. The van der Waals surface area contributed by atoms with Gasteiger partial charge in [-0.3, -0.25) is 14.8 Å². The fourth-order valence-corrected chi connectivity index (χ4v) is 3.72. The third-order valence-electron chi connectivity index (χ3n) is 5.36. The number of anilines is 1. The Balaban J connectivity index is 1.29. The summed E-state index contributed by atoms with van der Waals surface area (Å²) in [4.78, 5) is 21.6. The summed E-state index contributed by atoms with van der Waals surface area (Å²) in [5.41, 5.74) is 11.8. The maximum atomic E-state index is 12.7. The molecule has 0 saturated heterocycles. The Morgan fingerprint density at radius 1 is 1.03 bits per heavy atom. The van der Waals surface area contributed by atoms with Crippen molar-refractivity contribution in [3.63, 3.8) is 0 Å². The molecule has 3 N–H and O–H groups in total. The summed E-state index contributed by atoms with van der Waals surface area (Å²) in [6.07, 6.45) is 4.17. The maximum Gasteiger partial charge on any atom is 0.251 e. The molecule has 0 radical (unpaired) electrons. The number of hydrogen-bond donors (Lipinski definition) is 2. The molecular weight excluding hydrogens is 402 g/mol. The minimum Gasteiger partial charge on any atom is -0.380 e. The van der Waals surface area contributed by atoms with Crippen LogP contribution in [0.1, 0.15) is 32.7 Å². The quantitative estimate of drug-likeness (QED) is 0.439. The predicted octanol–water partition coefficient (Wildman–Crippen LogP) is 4.18. The summed E-state index contributed by atoms with van der Waals surface area (Å²) in [5.74, 6) is 0.196. The van der Waals surface area contributed by atoms with Crippen LogP contribution in [-0.2, 0) is 13.0 Å². The fraction of sp³-hybridized carbons (Fsp3) is 0.120. The van der Waals surface area contributed by atoms with E-state index in [9.17, 15) is 4.79 Å². The van der Waals surface area contributed by atoms with Crippen molar-refractivity contribution in [1.29, 1.82) is 0 Å². The van der Waals surface area contributed by atoms with E-state index in [0.29, 0.717) is 29.9 Å². The first-order chi connectivity index (χ1) is 15.5. The van der Waals surface area contributed by atoms with Crippen LogP contribution in [-0.4, -0.2) is 21.0 Å². The highest BCUT2D eigenvalue weighted by molar-refractivity contribution is 5.94. The molecule has 3 heterocycles. The normalized spacial score (nSPS) is 11.2. The summed E-state index contributed by atoms with van der Waals surface area (Å²) in [5, 5.41) is 8.55. The van der Waals surface area contributed by atoms with E-state index in [4.69, 9.17) is 10.3 Å². The van der Waals surface area contributed by atoms with Gasteiger partial charge in [0, 0.05) is 42.0 Å². The van der Waals surface area contributed by atoms with Crippen LogP contribution >= 0.6 is 0 Å². The molecule has 158 valence electrons. The van der Waals surface area contributed by atoms with Gasteiger partial charge in [0.25, 0.3) is 5.91 Å². The first kappa shape index (κ1) is 19.7. The van der Waals surface area contributed by atoms with Gasteiger partial charge >= 0.3 is 0 Å². The zero-order valence-electron chi connectivity index (χ0n) is 17.5. The molecule has 0 aliphatic carbocycles. The number of nitrogens with zero attached hydrogens (tertiary/aromatic N) is 3. The number of pyridine rings is 2. The van der Waals surface area contributed by atoms with Gasteiger partial charge in [-0.15, -0.1) is 0 Å². The number of nitrogens with one attached hydrogen (secondary N) is 1. The number of fused-ring (bicyclic) bond motifs is 2. The van der Waals surface area contributed by atoms with Gasteiger partial charge < -0.3 is 15.6 Å². The summed E-state index contributed by atoms with van der Waals surface area (Å²) in [6.45, 7) is 2.39. The number of benzene rings is 2. The Hall–Kier alpha value is -4.26. The van der Waals surface area contributed by atoms with Gasteiger partial charge in [0.1, 0.15) is 0 Å². The number of nitrogens with two attached hydrogens (primary N) is 1. The molecule has 32 heavy (non-hydrogen) atoms. The maximum absolute atomic E-state index is 12.7. The zero-order valence-corrected chi connectivity index (χ0v) is 17.5. The molecule has 5 aromatic rings. The Morgan fingerprint density at radius 2 is 1.91 bits per heavy atom. The number of aromatic nitrogens is 3. The molecule has 0 aliphatic rings. The van der Waals surface area contributed by atoms with Crippen molar-refractivity contribution >= 4 is 33.6 Å². The van der Waals surface area contributed by atoms with Crippen molar-refractivity contribution in [1.82, 2.24) is 20.4 Å². The van der Waals surface area contributed by atoms with E-state index in [-0.39, 0.29) is 5.91 Å². The fourth-order valence-electron chi connectivity index (χ4n) is 3.72. The van der Waals surface area contributed by atoms with E-state index in [1.807, 2.05) is 49.5 Å². The highest BCUT2D eigenvalue weighted by Gasteiger charge is 2.10. The molecule has 5 rings (SSSR count). The summed E-state index contributed by atoms with van der Waals surface area (Å²) >= 11 is 0. The van der Waals surface area contributed by atoms with E-state index in [1.54, 1.807) is 12.3 Å². The Morgan fingerprint density at radius 3 is 2.81 bits per heavy atom. The van der Waals surface area contributed by atoms with Crippen LogP contribution in [0.3, 0.4) is 0 Å². The van der Waals surface area contributed by atoms with Crippen LogP contribution < -0.4 is 11.1 Å². The second-order valence-electron chi connectivity index (χ2n) is 7.83. The zero-order chi connectivity index (χ0) is 22.1. The third-order valence-corrected chi connectivity index (χ3v) is 5.36. The standard InChI is InChI=1S/C25H21N5O2/c1-15-8-19-9-16(3-5-22(19)28-13-15)10-20-12-18(6-7-27-20)25(31)29-14-17-2-4-21-23(11-17)32-30-24(21)26/h2-9,11-13H,10,14H2,1H3,(H2,26,30)(H,29,31). The van der Waals surface area contributed by atoms with Gasteiger partial charge in [-0.1, -0.05) is 17.3 Å². The van der Waals surface area contributed by atoms with Gasteiger partial charge in [0.05, 0.1) is 10.9 Å². The number of aryl methyl sites for hydroxylation is 1. The molecular formula is C25H21N5O2. The van der Waals surface area contributed by atoms with Crippen LogP contribution in [0.4, 0.5) is 5.82 Å². The van der Waals surface area contributed by atoms with E-state index in [0.717, 1.165) is 38.7 Å². The number of carbonyl (C=O) groups excluding carboxylic acids is 1. The molecule has 0 spiro atoms. The molecule has 7 nitrogen and oxygen atoms in total. The van der Waals surface area contributed by atoms with Crippen molar-refractivity contribution in [2.75, 3.05) is 5.73 Å². The largest absolute Gasteiger partial charge is 0.380 e. The smallest absolute Gasteiger partial charge is 0.251 e. The average Bonchev–Trinajstić information content (AvgIpc) is 3.17. The highest BCUT2D eigenvalue weighted by Crippen LogP contribution is 2.21. The SMILES string of the molecule is Cc1cnc2ccc(Cc3cc(C(=O)NCc4ccc5c(N)noc5c4)ccn3)cc2c1. The van der Waals surface area contributed by atoms with Crippen LogP contribution in [0.15, 0.2) is 71.5 Å². The van der Waals surface area contributed by atoms with Gasteiger partial charge in [-0.05, 0) is 66.1 Å². The Kier molecular flexibility index (Phi) is 4.99. The summed E-state index contributed by atoms with van der Waals surface area (Å²) in [6, 6.07) is 17.4. The molecule has 0 unspecified atom stereocenters. The number of rotatable bonds is 5. The number of hydrogen-bond acceptors (Lipinski definition) is 6. The lowest BCUT2D eigenvalue weighted by Crippen LogP contribution is -2.23. The molecule has 2 aromatic carbocycles. The van der Waals surface area contributed by atoms with Crippen molar-refractivity contribution in [2.24, 2.45) is 0 Å². The van der Waals surface area contributed by atoms with Gasteiger partial charge in [-0.2, -0.15) is 0 Å². The molecule has 3 aromatic heterocycles. The third kappa shape index (κ3) is 4.00. The van der Waals surface area contributed by atoms with Crippen LogP contribution in [0.5, 0.6) is 0 Å². The molecule has 1 amide bonds. The lowest BCUT2D eigenvalue weighted by atomic mass is 10.0. The second-order valence-corrected chi connectivity index (χ2v) is 7.83. The van der Waals surface area contributed by atoms with E-state index >= 15 is 0 Å². The minimum absolute atomic E-state index is 0.163. The van der Waals surface area contributed by atoms with E-state index in [1.165, 1.54) is 0 Å². The summed E-state index contributed by atoms with van der Waals surface area (Å²) in [7, 11) is 0. The van der Waals surface area contributed by atoms with E-state index < -0.39 is 0 Å². The Bertz CT molecular complexity index is 1460. The van der Waals surface area contributed by atoms with Gasteiger partial charge in [0.2, 0.25) is 0 Å². The monoisotopic (exact) mass is 423 g/mol. The second kappa shape index (κ2) is 8.11. The van der Waals surface area contributed by atoms with Crippen LogP contribution in [0, 0.1) is 6.92 Å². The lowest BCUT2D eigenvalue weighted by molar-refractivity contribution is 0.0950.